The molecule has 0 bridgehead atoms. The van der Waals surface area contributed by atoms with Crippen molar-refractivity contribution in [2.75, 3.05) is 18.4 Å². The molecule has 0 saturated carbocycles. The summed E-state index contributed by atoms with van der Waals surface area (Å²) >= 11 is 0. The van der Waals surface area contributed by atoms with E-state index in [0.29, 0.717) is 24.3 Å². The summed E-state index contributed by atoms with van der Waals surface area (Å²) in [5.74, 6) is -1.11. The summed E-state index contributed by atoms with van der Waals surface area (Å²) in [4.78, 5) is 41.2. The van der Waals surface area contributed by atoms with Crippen molar-refractivity contribution in [2.45, 2.75) is 19.8 Å². The lowest BCUT2D eigenvalue weighted by molar-refractivity contribution is -0.128. The molecule has 0 aliphatic carbocycles. The van der Waals surface area contributed by atoms with Crippen LogP contribution in [-0.4, -0.2) is 40.7 Å². The number of nitrogens with two attached hydrogens (primary N) is 1. The van der Waals surface area contributed by atoms with Crippen LogP contribution < -0.4 is 11.1 Å². The Morgan fingerprint density at radius 2 is 1.97 bits per heavy atom. The van der Waals surface area contributed by atoms with Crippen LogP contribution in [0.2, 0.25) is 0 Å². The van der Waals surface area contributed by atoms with Crippen LogP contribution in [0.1, 0.15) is 27.9 Å². The molecule has 7 heteroatoms. The first-order valence-corrected chi connectivity index (χ1v) is 9.96. The van der Waals surface area contributed by atoms with Crippen LogP contribution in [0.4, 0.5) is 5.69 Å². The lowest BCUT2D eigenvalue weighted by Gasteiger charge is -2.16. The maximum absolute atomic E-state index is 12.6. The van der Waals surface area contributed by atoms with Crippen LogP contribution >= 0.6 is 0 Å². The number of hydrogen-bond donors (Lipinski definition) is 3. The van der Waals surface area contributed by atoms with E-state index in [9.17, 15) is 14.4 Å². The van der Waals surface area contributed by atoms with Gasteiger partial charge in [0.25, 0.3) is 0 Å². The zero-order valence-corrected chi connectivity index (χ0v) is 16.8. The number of likely N-dealkylation sites (tertiary alicyclic amines) is 1. The summed E-state index contributed by atoms with van der Waals surface area (Å²) in [6.07, 6.45) is 2.93. The molecule has 4 N–H and O–H groups in total. The number of benzene rings is 2. The molecule has 2 aromatic carbocycles. The minimum atomic E-state index is -0.518. The van der Waals surface area contributed by atoms with Gasteiger partial charge in [0, 0.05) is 47.9 Å². The zero-order chi connectivity index (χ0) is 21.3. The minimum Gasteiger partial charge on any atom is -0.366 e. The number of amides is 3. The van der Waals surface area contributed by atoms with E-state index < -0.39 is 11.8 Å². The Balaban J connectivity index is 1.35. The molecule has 7 nitrogen and oxygen atoms in total. The predicted molar refractivity (Wildman–Crippen MR) is 115 cm³/mol. The van der Waals surface area contributed by atoms with Crippen molar-refractivity contribution in [3.63, 3.8) is 0 Å². The Kier molecular flexibility index (Phi) is 5.27. The van der Waals surface area contributed by atoms with E-state index in [0.717, 1.165) is 11.9 Å². The standard InChI is InChI=1S/C23H24N4O3/c1-14-2-7-20-19(10-14)16(12-25-20)8-9-27-13-17(11-21(27)28)23(30)26-18-5-3-15(4-6-18)22(24)29/h2-7,10,12,17,25H,8-9,11,13H2,1H3,(H2,24,29)(H,26,30)/t17-/m1/s1. The Bertz CT molecular complexity index is 1120. The highest BCUT2D eigenvalue weighted by Gasteiger charge is 2.34. The van der Waals surface area contributed by atoms with Gasteiger partial charge in [-0.1, -0.05) is 11.6 Å². The Labute approximate surface area is 174 Å². The number of nitrogens with zero attached hydrogens (tertiary/aromatic N) is 1. The molecule has 4 rings (SSSR count). The number of primary amides is 1. The number of anilines is 1. The van der Waals surface area contributed by atoms with Crippen molar-refractivity contribution >= 4 is 34.3 Å². The molecular weight excluding hydrogens is 380 g/mol. The van der Waals surface area contributed by atoms with Crippen molar-refractivity contribution in [1.82, 2.24) is 9.88 Å². The minimum absolute atomic E-state index is 0.00440. The Hall–Kier alpha value is -3.61. The second-order valence-electron chi connectivity index (χ2n) is 7.78. The summed E-state index contributed by atoms with van der Waals surface area (Å²) in [5.41, 5.74) is 9.63. The highest BCUT2D eigenvalue weighted by molar-refractivity contribution is 5.98. The fourth-order valence-corrected chi connectivity index (χ4v) is 3.88. The lowest BCUT2D eigenvalue weighted by atomic mass is 10.1. The third kappa shape index (κ3) is 4.05. The van der Waals surface area contributed by atoms with Crippen molar-refractivity contribution < 1.29 is 14.4 Å². The van der Waals surface area contributed by atoms with Gasteiger partial charge in [0.15, 0.2) is 0 Å². The van der Waals surface area contributed by atoms with Crippen LogP contribution in [0, 0.1) is 12.8 Å². The number of fused-ring (bicyclic) bond motifs is 1. The van der Waals surface area contributed by atoms with Gasteiger partial charge in [0.05, 0.1) is 5.92 Å². The number of rotatable bonds is 6. The van der Waals surface area contributed by atoms with E-state index in [2.05, 4.69) is 35.4 Å². The number of H-pyrrole nitrogens is 1. The summed E-state index contributed by atoms with van der Waals surface area (Å²) in [6, 6.07) is 12.7. The largest absolute Gasteiger partial charge is 0.366 e. The van der Waals surface area contributed by atoms with Gasteiger partial charge in [-0.05, 0) is 55.3 Å². The monoisotopic (exact) mass is 404 g/mol. The summed E-state index contributed by atoms with van der Waals surface area (Å²) < 4.78 is 0. The second kappa shape index (κ2) is 8.02. The van der Waals surface area contributed by atoms with E-state index in [-0.39, 0.29) is 18.2 Å². The molecule has 3 amide bonds. The zero-order valence-electron chi connectivity index (χ0n) is 16.8. The fraction of sp³-hybridized carbons (Fsp3) is 0.261. The third-order valence-electron chi connectivity index (χ3n) is 5.60. The molecule has 2 heterocycles. The average Bonchev–Trinajstić information content (AvgIpc) is 3.29. The van der Waals surface area contributed by atoms with E-state index in [4.69, 9.17) is 5.73 Å². The highest BCUT2D eigenvalue weighted by Crippen LogP contribution is 2.23. The van der Waals surface area contributed by atoms with Gasteiger partial charge in [-0.15, -0.1) is 0 Å². The van der Waals surface area contributed by atoms with Crippen LogP contribution in [0.5, 0.6) is 0 Å². The SMILES string of the molecule is Cc1ccc2[nH]cc(CCN3C[C@H](C(=O)Nc4ccc(C(N)=O)cc4)CC3=O)c2c1. The maximum atomic E-state index is 12.6. The van der Waals surface area contributed by atoms with Crippen molar-refractivity contribution in [3.8, 4) is 0 Å². The van der Waals surface area contributed by atoms with Gasteiger partial charge >= 0.3 is 0 Å². The number of hydrogen-bond acceptors (Lipinski definition) is 3. The molecule has 1 fully saturated rings. The first kappa shape index (κ1) is 19.7. The highest BCUT2D eigenvalue weighted by atomic mass is 16.2. The molecule has 30 heavy (non-hydrogen) atoms. The normalized spacial score (nSPS) is 16.2. The summed E-state index contributed by atoms with van der Waals surface area (Å²) in [7, 11) is 0. The van der Waals surface area contributed by atoms with Gasteiger partial charge in [-0.25, -0.2) is 0 Å². The topological polar surface area (TPSA) is 108 Å². The number of aryl methyl sites for hydroxylation is 1. The number of aromatic amines is 1. The molecule has 0 spiro atoms. The molecule has 1 aliphatic heterocycles. The van der Waals surface area contributed by atoms with Crippen LogP contribution in [0.3, 0.4) is 0 Å². The van der Waals surface area contributed by atoms with Crippen LogP contribution in [0.25, 0.3) is 10.9 Å². The molecule has 1 saturated heterocycles. The first-order valence-electron chi connectivity index (χ1n) is 9.96. The predicted octanol–water partition coefficient (Wildman–Crippen LogP) is 2.60. The van der Waals surface area contributed by atoms with Crippen molar-refractivity contribution in [2.24, 2.45) is 11.7 Å². The fourth-order valence-electron chi connectivity index (χ4n) is 3.88. The summed E-state index contributed by atoms with van der Waals surface area (Å²) in [6.45, 7) is 3.05. The van der Waals surface area contributed by atoms with Gasteiger partial charge in [0.1, 0.15) is 0 Å². The number of carbonyl (C=O) groups is 3. The Morgan fingerprint density at radius 1 is 1.20 bits per heavy atom. The van der Waals surface area contributed by atoms with Gasteiger partial charge in [-0.3, -0.25) is 14.4 Å². The van der Waals surface area contributed by atoms with E-state index in [1.165, 1.54) is 16.5 Å². The number of nitrogens with one attached hydrogen (secondary N) is 2. The quantitative estimate of drug-likeness (QED) is 0.588. The summed E-state index contributed by atoms with van der Waals surface area (Å²) in [5, 5.41) is 3.99. The number of carbonyl (C=O) groups excluding carboxylic acids is 3. The molecule has 154 valence electrons. The molecule has 0 radical (unpaired) electrons. The van der Waals surface area contributed by atoms with Crippen LogP contribution in [-0.2, 0) is 16.0 Å². The van der Waals surface area contributed by atoms with Gasteiger partial charge in [0.2, 0.25) is 17.7 Å². The molecular formula is C23H24N4O3. The number of aromatic nitrogens is 1. The average molecular weight is 404 g/mol. The van der Waals surface area contributed by atoms with Gasteiger partial charge < -0.3 is 20.9 Å². The second-order valence-corrected chi connectivity index (χ2v) is 7.78. The Morgan fingerprint density at radius 3 is 2.70 bits per heavy atom. The maximum Gasteiger partial charge on any atom is 0.248 e. The smallest absolute Gasteiger partial charge is 0.248 e. The first-order chi connectivity index (χ1) is 14.4. The molecule has 3 aromatic rings. The molecule has 1 aromatic heterocycles. The molecule has 1 atom stereocenters. The lowest BCUT2D eigenvalue weighted by Crippen LogP contribution is -2.30. The molecule has 1 aliphatic rings. The van der Waals surface area contributed by atoms with Crippen molar-refractivity contribution in [1.29, 1.82) is 0 Å². The van der Waals surface area contributed by atoms with Crippen molar-refractivity contribution in [3.05, 3.63) is 65.4 Å². The van der Waals surface area contributed by atoms with E-state index >= 15 is 0 Å². The third-order valence-corrected chi connectivity index (χ3v) is 5.60. The van der Waals surface area contributed by atoms with E-state index in [1.807, 2.05) is 6.20 Å². The van der Waals surface area contributed by atoms with Gasteiger partial charge in [-0.2, -0.15) is 0 Å². The van der Waals surface area contributed by atoms with Crippen LogP contribution in [0.15, 0.2) is 48.7 Å². The van der Waals surface area contributed by atoms with E-state index in [1.54, 1.807) is 29.2 Å². The molecule has 0 unspecified atom stereocenters.